The van der Waals surface area contributed by atoms with E-state index in [2.05, 4.69) is 37.9 Å². The summed E-state index contributed by atoms with van der Waals surface area (Å²) in [6.45, 7) is 4.46. The van der Waals surface area contributed by atoms with Crippen molar-refractivity contribution < 1.29 is 9.53 Å². The van der Waals surface area contributed by atoms with E-state index < -0.39 is 0 Å². The molecule has 4 heteroatoms. The third-order valence-electron chi connectivity index (χ3n) is 3.24. The Hall–Kier alpha value is -1.13. The smallest absolute Gasteiger partial charge is 0.177 e. The number of halogens is 2. The first-order valence-corrected chi connectivity index (χ1v) is 8.50. The third-order valence-corrected chi connectivity index (χ3v) is 4.25. The van der Waals surface area contributed by atoms with Crippen LogP contribution in [0.15, 0.2) is 40.9 Å². The first-order valence-electron chi connectivity index (χ1n) is 6.59. The molecule has 2 aromatic carbocycles. The molecule has 0 amide bonds. The van der Waals surface area contributed by atoms with Crippen LogP contribution in [-0.2, 0) is 6.61 Å². The van der Waals surface area contributed by atoms with Gasteiger partial charge in [-0.05, 0) is 49.2 Å². The molecule has 2 aromatic rings. The van der Waals surface area contributed by atoms with Gasteiger partial charge in [0.25, 0.3) is 0 Å². The molecule has 0 unspecified atom stereocenters. The first kappa shape index (κ1) is 16.2. The molecule has 0 aromatic heterocycles. The topological polar surface area (TPSA) is 26.3 Å². The zero-order chi connectivity index (χ0) is 15.4. The predicted octanol–water partition coefficient (Wildman–Crippen LogP) is 5.22. The number of carbonyl (C=O) groups is 1. The highest BCUT2D eigenvalue weighted by Crippen LogP contribution is 2.24. The lowest BCUT2D eigenvalue weighted by atomic mass is 10.1. The van der Waals surface area contributed by atoms with Gasteiger partial charge in [0.2, 0.25) is 0 Å². The van der Waals surface area contributed by atoms with E-state index in [1.807, 2.05) is 44.2 Å². The van der Waals surface area contributed by atoms with Crippen molar-refractivity contribution in [3.63, 3.8) is 0 Å². The molecular weight excluding hydrogens is 396 g/mol. The molecule has 0 aliphatic rings. The van der Waals surface area contributed by atoms with Gasteiger partial charge in [0.1, 0.15) is 12.4 Å². The van der Waals surface area contributed by atoms with E-state index in [0.717, 1.165) is 21.2 Å². The van der Waals surface area contributed by atoms with Crippen molar-refractivity contribution in [1.29, 1.82) is 0 Å². The summed E-state index contributed by atoms with van der Waals surface area (Å²) in [6.07, 6.45) is 0. The van der Waals surface area contributed by atoms with E-state index in [4.69, 9.17) is 4.74 Å². The standard InChI is InChI=1S/C17H16Br2O2/c1-11-3-6-17(15(7-11)16(20)9-18)21-10-13-4-5-14(19)8-12(13)2/h3-8H,9-10H2,1-2H3. The van der Waals surface area contributed by atoms with Crippen LogP contribution in [0, 0.1) is 13.8 Å². The van der Waals surface area contributed by atoms with Crippen LogP contribution in [0.4, 0.5) is 0 Å². The van der Waals surface area contributed by atoms with Crippen molar-refractivity contribution in [1.82, 2.24) is 0 Å². The van der Waals surface area contributed by atoms with Crippen LogP contribution in [0.2, 0.25) is 0 Å². The molecule has 21 heavy (non-hydrogen) atoms. The maximum Gasteiger partial charge on any atom is 0.177 e. The van der Waals surface area contributed by atoms with Crippen molar-refractivity contribution >= 4 is 37.6 Å². The maximum absolute atomic E-state index is 12.0. The monoisotopic (exact) mass is 410 g/mol. The molecule has 0 N–H and O–H groups in total. The normalized spacial score (nSPS) is 10.5. The maximum atomic E-state index is 12.0. The van der Waals surface area contributed by atoms with Crippen LogP contribution < -0.4 is 4.74 Å². The van der Waals surface area contributed by atoms with Gasteiger partial charge in [0.05, 0.1) is 10.9 Å². The number of ketones is 1. The van der Waals surface area contributed by atoms with E-state index in [-0.39, 0.29) is 5.78 Å². The lowest BCUT2D eigenvalue weighted by Crippen LogP contribution is -2.06. The summed E-state index contributed by atoms with van der Waals surface area (Å²) in [4.78, 5) is 12.0. The fraction of sp³-hybridized carbons (Fsp3) is 0.235. The fourth-order valence-corrected chi connectivity index (χ4v) is 2.81. The Labute approximate surface area is 141 Å². The number of benzene rings is 2. The summed E-state index contributed by atoms with van der Waals surface area (Å²) >= 11 is 6.67. The first-order chi connectivity index (χ1) is 10.0. The lowest BCUT2D eigenvalue weighted by molar-refractivity contribution is 0.101. The molecule has 0 heterocycles. The highest BCUT2D eigenvalue weighted by atomic mass is 79.9. The second kappa shape index (κ2) is 7.23. The number of alkyl halides is 1. The van der Waals surface area contributed by atoms with Crippen LogP contribution in [0.5, 0.6) is 5.75 Å². The Morgan fingerprint density at radius 1 is 1.14 bits per heavy atom. The average molecular weight is 412 g/mol. The quantitative estimate of drug-likeness (QED) is 0.497. The Bertz CT molecular complexity index is 666. The number of hydrogen-bond donors (Lipinski definition) is 0. The zero-order valence-electron chi connectivity index (χ0n) is 12.0. The SMILES string of the molecule is Cc1ccc(OCc2ccc(Br)cc2C)c(C(=O)CBr)c1. The van der Waals surface area contributed by atoms with E-state index in [1.165, 1.54) is 0 Å². The largest absolute Gasteiger partial charge is 0.488 e. The molecule has 110 valence electrons. The van der Waals surface area contributed by atoms with E-state index in [9.17, 15) is 4.79 Å². The highest BCUT2D eigenvalue weighted by Gasteiger charge is 2.12. The van der Waals surface area contributed by atoms with Crippen LogP contribution >= 0.6 is 31.9 Å². The van der Waals surface area contributed by atoms with Crippen molar-refractivity contribution in [3.05, 3.63) is 63.1 Å². The molecule has 0 radical (unpaired) electrons. The fourth-order valence-electron chi connectivity index (χ4n) is 2.04. The third kappa shape index (κ3) is 4.17. The van der Waals surface area contributed by atoms with Gasteiger partial charge in [-0.3, -0.25) is 4.79 Å². The number of carbonyl (C=O) groups excluding carboxylic acids is 1. The molecule has 0 spiro atoms. The molecule has 2 rings (SSSR count). The summed E-state index contributed by atoms with van der Waals surface area (Å²) in [7, 11) is 0. The second-order valence-electron chi connectivity index (χ2n) is 4.92. The molecule has 2 nitrogen and oxygen atoms in total. The summed E-state index contributed by atoms with van der Waals surface area (Å²) < 4.78 is 6.92. The predicted molar refractivity (Wildman–Crippen MR) is 92.5 cm³/mol. The molecular formula is C17H16Br2O2. The minimum Gasteiger partial charge on any atom is -0.488 e. The van der Waals surface area contributed by atoms with E-state index in [1.54, 1.807) is 0 Å². The van der Waals surface area contributed by atoms with Crippen LogP contribution in [0.25, 0.3) is 0 Å². The van der Waals surface area contributed by atoms with Gasteiger partial charge in [0.15, 0.2) is 5.78 Å². The molecule has 0 saturated heterocycles. The van der Waals surface area contributed by atoms with Gasteiger partial charge in [-0.1, -0.05) is 49.6 Å². The minimum absolute atomic E-state index is 0.0289. The molecule has 0 aliphatic heterocycles. The molecule has 0 fully saturated rings. The van der Waals surface area contributed by atoms with E-state index >= 15 is 0 Å². The van der Waals surface area contributed by atoms with Crippen LogP contribution in [0.1, 0.15) is 27.0 Å². The molecule has 0 atom stereocenters. The summed E-state index contributed by atoms with van der Waals surface area (Å²) in [6, 6.07) is 11.8. The Kier molecular flexibility index (Phi) is 5.59. The Morgan fingerprint density at radius 3 is 2.57 bits per heavy atom. The van der Waals surface area contributed by atoms with Gasteiger partial charge >= 0.3 is 0 Å². The summed E-state index contributed by atoms with van der Waals surface area (Å²) in [5.74, 6) is 0.661. The minimum atomic E-state index is 0.0289. The summed E-state index contributed by atoms with van der Waals surface area (Å²) in [5.41, 5.74) is 3.94. The molecule has 0 aliphatic carbocycles. The van der Waals surface area contributed by atoms with Crippen molar-refractivity contribution in [2.75, 3.05) is 5.33 Å². The lowest BCUT2D eigenvalue weighted by Gasteiger charge is -2.12. The number of Topliss-reactive ketones (excluding diaryl/α,β-unsaturated/α-hetero) is 1. The highest BCUT2D eigenvalue weighted by molar-refractivity contribution is 9.10. The van der Waals surface area contributed by atoms with Crippen LogP contribution in [0.3, 0.4) is 0 Å². The van der Waals surface area contributed by atoms with Crippen LogP contribution in [-0.4, -0.2) is 11.1 Å². The van der Waals surface area contributed by atoms with Gasteiger partial charge in [-0.2, -0.15) is 0 Å². The van der Waals surface area contributed by atoms with Crippen molar-refractivity contribution in [3.8, 4) is 5.75 Å². The van der Waals surface area contributed by atoms with Gasteiger partial charge in [0, 0.05) is 4.47 Å². The van der Waals surface area contributed by atoms with Gasteiger partial charge in [-0.15, -0.1) is 0 Å². The summed E-state index contributed by atoms with van der Waals surface area (Å²) in [5, 5.41) is 0.296. The number of hydrogen-bond acceptors (Lipinski definition) is 2. The molecule has 0 saturated carbocycles. The number of ether oxygens (including phenoxy) is 1. The Balaban J connectivity index is 2.21. The molecule has 0 bridgehead atoms. The van der Waals surface area contributed by atoms with Gasteiger partial charge < -0.3 is 4.74 Å². The van der Waals surface area contributed by atoms with Crippen molar-refractivity contribution in [2.45, 2.75) is 20.5 Å². The van der Waals surface area contributed by atoms with Crippen molar-refractivity contribution in [2.24, 2.45) is 0 Å². The average Bonchev–Trinajstić information content (AvgIpc) is 2.46. The number of aryl methyl sites for hydroxylation is 2. The second-order valence-corrected chi connectivity index (χ2v) is 6.39. The Morgan fingerprint density at radius 2 is 1.90 bits per heavy atom. The van der Waals surface area contributed by atoms with Gasteiger partial charge in [-0.25, -0.2) is 0 Å². The zero-order valence-corrected chi connectivity index (χ0v) is 15.1. The number of rotatable bonds is 5. The van der Waals surface area contributed by atoms with E-state index in [0.29, 0.717) is 23.2 Å².